The van der Waals surface area contributed by atoms with Crippen LogP contribution in [0.2, 0.25) is 5.02 Å². The van der Waals surface area contributed by atoms with Gasteiger partial charge in [-0.1, -0.05) is 11.6 Å². The summed E-state index contributed by atoms with van der Waals surface area (Å²) in [4.78, 5) is 7.87. The van der Waals surface area contributed by atoms with Crippen molar-refractivity contribution in [1.82, 2.24) is 9.97 Å². The zero-order valence-electron chi connectivity index (χ0n) is 6.53. The summed E-state index contributed by atoms with van der Waals surface area (Å²) in [6.45, 7) is 0. The van der Waals surface area contributed by atoms with Crippen LogP contribution in [0, 0.1) is 11.3 Å². The van der Waals surface area contributed by atoms with Crippen molar-refractivity contribution < 1.29 is 0 Å². The van der Waals surface area contributed by atoms with Crippen LogP contribution >= 0.6 is 11.6 Å². The second-order valence-electron chi connectivity index (χ2n) is 2.53. The maximum Gasteiger partial charge on any atom is 0.116 e. The standard InChI is InChI=1S/C9H4ClN3/c10-8-2-9-7(1-6(8)3-11)4-12-5-13-9/h1-2,4-5H. The number of benzene rings is 1. The molecule has 0 fully saturated rings. The van der Waals surface area contributed by atoms with E-state index in [1.54, 1.807) is 18.3 Å². The average molecular weight is 190 g/mol. The maximum absolute atomic E-state index is 8.70. The largest absolute Gasteiger partial charge is 0.244 e. The molecule has 1 aromatic heterocycles. The minimum absolute atomic E-state index is 0.425. The first kappa shape index (κ1) is 7.96. The topological polar surface area (TPSA) is 49.6 Å². The van der Waals surface area contributed by atoms with Crippen molar-refractivity contribution in [3.05, 3.63) is 35.2 Å². The van der Waals surface area contributed by atoms with E-state index in [2.05, 4.69) is 9.97 Å². The van der Waals surface area contributed by atoms with Crippen LogP contribution in [0.1, 0.15) is 5.56 Å². The van der Waals surface area contributed by atoms with Gasteiger partial charge >= 0.3 is 0 Å². The third kappa shape index (κ3) is 1.32. The Balaban J connectivity index is 2.83. The van der Waals surface area contributed by atoms with E-state index in [9.17, 15) is 0 Å². The second-order valence-corrected chi connectivity index (χ2v) is 2.93. The number of rotatable bonds is 0. The maximum atomic E-state index is 8.70. The van der Waals surface area contributed by atoms with Gasteiger partial charge in [0.2, 0.25) is 0 Å². The molecule has 0 spiro atoms. The van der Waals surface area contributed by atoms with Gasteiger partial charge in [-0.25, -0.2) is 9.97 Å². The van der Waals surface area contributed by atoms with E-state index in [1.807, 2.05) is 6.07 Å². The van der Waals surface area contributed by atoms with Gasteiger partial charge in [-0.2, -0.15) is 5.26 Å². The molecule has 0 saturated heterocycles. The molecule has 0 aliphatic heterocycles. The molecule has 13 heavy (non-hydrogen) atoms. The lowest BCUT2D eigenvalue weighted by Crippen LogP contribution is -1.83. The number of halogens is 1. The Labute approximate surface area is 79.6 Å². The summed E-state index contributed by atoms with van der Waals surface area (Å²) in [6.07, 6.45) is 3.10. The molecule has 0 aliphatic carbocycles. The van der Waals surface area contributed by atoms with Crippen molar-refractivity contribution in [2.24, 2.45) is 0 Å². The summed E-state index contributed by atoms with van der Waals surface area (Å²) in [5.74, 6) is 0. The van der Waals surface area contributed by atoms with E-state index in [0.29, 0.717) is 10.6 Å². The monoisotopic (exact) mass is 189 g/mol. The Hall–Kier alpha value is -1.66. The predicted octanol–water partition coefficient (Wildman–Crippen LogP) is 2.15. The quantitative estimate of drug-likeness (QED) is 0.638. The zero-order valence-corrected chi connectivity index (χ0v) is 7.28. The molecule has 0 bridgehead atoms. The van der Waals surface area contributed by atoms with Crippen LogP contribution in [0.25, 0.3) is 10.9 Å². The first-order valence-electron chi connectivity index (χ1n) is 3.60. The Morgan fingerprint density at radius 3 is 3.00 bits per heavy atom. The molecule has 2 rings (SSSR count). The highest BCUT2D eigenvalue weighted by Gasteiger charge is 2.02. The number of nitrogens with zero attached hydrogens (tertiary/aromatic N) is 3. The highest BCUT2D eigenvalue weighted by molar-refractivity contribution is 6.32. The molecule has 4 heteroatoms. The van der Waals surface area contributed by atoms with Gasteiger partial charge < -0.3 is 0 Å². The molecule has 0 unspecified atom stereocenters. The Morgan fingerprint density at radius 2 is 2.23 bits per heavy atom. The molecular formula is C9H4ClN3. The summed E-state index contributed by atoms with van der Waals surface area (Å²) in [5.41, 5.74) is 1.20. The molecule has 0 N–H and O–H groups in total. The lowest BCUT2D eigenvalue weighted by atomic mass is 10.2. The van der Waals surface area contributed by atoms with Gasteiger partial charge in [0.05, 0.1) is 16.1 Å². The molecule has 0 atom stereocenters. The van der Waals surface area contributed by atoms with Crippen LogP contribution in [0.5, 0.6) is 0 Å². The number of nitriles is 1. The third-order valence-electron chi connectivity index (χ3n) is 1.71. The SMILES string of the molecule is N#Cc1cc2cncnc2cc1Cl. The normalized spacial score (nSPS) is 9.85. The van der Waals surface area contributed by atoms with Gasteiger partial charge in [0.1, 0.15) is 12.4 Å². The zero-order chi connectivity index (χ0) is 9.26. The van der Waals surface area contributed by atoms with E-state index in [4.69, 9.17) is 16.9 Å². The van der Waals surface area contributed by atoms with E-state index in [-0.39, 0.29) is 0 Å². The minimum atomic E-state index is 0.425. The van der Waals surface area contributed by atoms with Crippen molar-refractivity contribution in [2.75, 3.05) is 0 Å². The summed E-state index contributed by atoms with van der Waals surface area (Å²) in [6, 6.07) is 5.34. The fourth-order valence-electron chi connectivity index (χ4n) is 1.09. The highest BCUT2D eigenvalue weighted by Crippen LogP contribution is 2.20. The number of aromatic nitrogens is 2. The van der Waals surface area contributed by atoms with Gasteiger partial charge in [-0.3, -0.25) is 0 Å². The van der Waals surface area contributed by atoms with E-state index >= 15 is 0 Å². The second kappa shape index (κ2) is 3.00. The lowest BCUT2D eigenvalue weighted by molar-refractivity contribution is 1.22. The summed E-state index contributed by atoms with van der Waals surface area (Å²) in [7, 11) is 0. The van der Waals surface area contributed by atoms with Gasteiger partial charge in [-0.15, -0.1) is 0 Å². The summed E-state index contributed by atoms with van der Waals surface area (Å²) < 4.78 is 0. The lowest BCUT2D eigenvalue weighted by Gasteiger charge is -1.97. The fourth-order valence-corrected chi connectivity index (χ4v) is 1.29. The van der Waals surface area contributed by atoms with Crippen LogP contribution in [0.15, 0.2) is 24.7 Å². The molecular weight excluding hydrogens is 186 g/mol. The van der Waals surface area contributed by atoms with Gasteiger partial charge in [0.25, 0.3) is 0 Å². The van der Waals surface area contributed by atoms with E-state index in [0.717, 1.165) is 10.9 Å². The van der Waals surface area contributed by atoms with Gasteiger partial charge in [0, 0.05) is 11.6 Å². The van der Waals surface area contributed by atoms with Crippen molar-refractivity contribution in [1.29, 1.82) is 5.26 Å². The smallest absolute Gasteiger partial charge is 0.116 e. The average Bonchev–Trinajstić information content (AvgIpc) is 2.17. The summed E-state index contributed by atoms with van der Waals surface area (Å²) in [5, 5.41) is 9.95. The van der Waals surface area contributed by atoms with Crippen LogP contribution in [0.4, 0.5) is 0 Å². The van der Waals surface area contributed by atoms with Crippen LogP contribution in [0.3, 0.4) is 0 Å². The van der Waals surface area contributed by atoms with E-state index in [1.165, 1.54) is 6.33 Å². The van der Waals surface area contributed by atoms with Crippen LogP contribution in [-0.2, 0) is 0 Å². The number of hydrogen-bond donors (Lipinski definition) is 0. The van der Waals surface area contributed by atoms with E-state index < -0.39 is 0 Å². The van der Waals surface area contributed by atoms with Crippen LogP contribution < -0.4 is 0 Å². The fraction of sp³-hybridized carbons (Fsp3) is 0. The first-order chi connectivity index (χ1) is 6.31. The molecule has 0 radical (unpaired) electrons. The van der Waals surface area contributed by atoms with Crippen molar-refractivity contribution >= 4 is 22.5 Å². The Bertz CT molecular complexity index is 502. The van der Waals surface area contributed by atoms with Crippen molar-refractivity contribution in [2.45, 2.75) is 0 Å². The molecule has 1 heterocycles. The third-order valence-corrected chi connectivity index (χ3v) is 2.03. The molecule has 0 aliphatic rings. The Kier molecular flexibility index (Phi) is 1.84. The van der Waals surface area contributed by atoms with Crippen molar-refractivity contribution in [3.8, 4) is 6.07 Å². The van der Waals surface area contributed by atoms with Crippen LogP contribution in [-0.4, -0.2) is 9.97 Å². The minimum Gasteiger partial charge on any atom is -0.244 e. The van der Waals surface area contributed by atoms with Gasteiger partial charge in [-0.05, 0) is 12.1 Å². The molecule has 0 amide bonds. The summed E-state index contributed by atoms with van der Waals surface area (Å²) >= 11 is 5.82. The molecule has 0 saturated carbocycles. The molecule has 1 aromatic carbocycles. The predicted molar refractivity (Wildman–Crippen MR) is 49.3 cm³/mol. The molecule has 2 aromatic rings. The first-order valence-corrected chi connectivity index (χ1v) is 3.98. The number of fused-ring (bicyclic) bond motifs is 1. The molecule has 3 nitrogen and oxygen atoms in total. The highest BCUT2D eigenvalue weighted by atomic mass is 35.5. The molecule has 62 valence electrons. The number of hydrogen-bond acceptors (Lipinski definition) is 3. The van der Waals surface area contributed by atoms with Crippen molar-refractivity contribution in [3.63, 3.8) is 0 Å². The Morgan fingerprint density at radius 1 is 1.38 bits per heavy atom. The van der Waals surface area contributed by atoms with Gasteiger partial charge in [0.15, 0.2) is 0 Å².